The number of rotatable bonds is 3. The van der Waals surface area contributed by atoms with Crippen LogP contribution in [0.1, 0.15) is 5.56 Å². The number of anilines is 1. The standard InChI is InChI=1S/C30H28FN5O3S/c1-3-24(37)34-8-10-35(11-9-34)28-21-12-18(2)25(20-4-5-23(31)19-6-7-32-13-22(19)20)27-26(21)36(29(38)33-28)14-30(17-40-27)15-39-16-30/h3-7,12-13H,1,8-11,14-17H2,2H3. The molecule has 5 heterocycles. The quantitative estimate of drug-likeness (QED) is 0.352. The first-order valence-electron chi connectivity index (χ1n) is 13.4. The molecule has 0 N–H and O–H groups in total. The second-order valence-electron chi connectivity index (χ2n) is 10.9. The fourth-order valence-electron chi connectivity index (χ4n) is 6.20. The average molecular weight is 558 g/mol. The number of benzene rings is 2. The summed E-state index contributed by atoms with van der Waals surface area (Å²) >= 11 is 1.74. The maximum Gasteiger partial charge on any atom is 0.350 e. The molecule has 1 amide bonds. The molecular weight excluding hydrogens is 529 g/mol. The Hall–Kier alpha value is -3.76. The Bertz CT molecular complexity index is 1780. The maximum atomic E-state index is 14.8. The lowest BCUT2D eigenvalue weighted by molar-refractivity contribution is -0.126. The number of carbonyl (C=O) groups is 1. The molecule has 204 valence electrons. The summed E-state index contributed by atoms with van der Waals surface area (Å²) in [6, 6.07) is 7.13. The molecule has 1 spiro atoms. The van der Waals surface area contributed by atoms with Crippen molar-refractivity contribution in [2.24, 2.45) is 5.41 Å². The minimum atomic E-state index is -0.291. The Morgan fingerprint density at radius 1 is 1.15 bits per heavy atom. The van der Waals surface area contributed by atoms with Crippen molar-refractivity contribution in [3.63, 3.8) is 0 Å². The molecule has 2 fully saturated rings. The molecule has 7 rings (SSSR count). The van der Waals surface area contributed by atoms with Crippen molar-refractivity contribution in [2.45, 2.75) is 18.4 Å². The fourth-order valence-corrected chi connectivity index (χ4v) is 7.68. The first-order chi connectivity index (χ1) is 19.4. The van der Waals surface area contributed by atoms with Crippen LogP contribution in [0.3, 0.4) is 0 Å². The lowest BCUT2D eigenvalue weighted by atomic mass is 9.88. The molecule has 0 radical (unpaired) electrons. The molecule has 10 heteroatoms. The van der Waals surface area contributed by atoms with E-state index in [9.17, 15) is 14.0 Å². The van der Waals surface area contributed by atoms with E-state index < -0.39 is 0 Å². The minimum Gasteiger partial charge on any atom is -0.380 e. The molecule has 0 aliphatic carbocycles. The number of aryl methyl sites for hydroxylation is 1. The first kappa shape index (κ1) is 25.2. The topological polar surface area (TPSA) is 80.6 Å². The highest BCUT2D eigenvalue weighted by Crippen LogP contribution is 2.48. The fraction of sp³-hybridized carbons (Fsp3) is 0.333. The number of nitrogens with zero attached hydrogens (tertiary/aromatic N) is 5. The van der Waals surface area contributed by atoms with E-state index in [1.54, 1.807) is 35.1 Å². The zero-order chi connectivity index (χ0) is 27.6. The molecule has 8 nitrogen and oxygen atoms in total. The van der Waals surface area contributed by atoms with Crippen LogP contribution in [0.4, 0.5) is 10.2 Å². The van der Waals surface area contributed by atoms with Gasteiger partial charge < -0.3 is 14.5 Å². The van der Waals surface area contributed by atoms with Crippen molar-refractivity contribution in [3.05, 3.63) is 71.2 Å². The molecule has 0 unspecified atom stereocenters. The number of hydrogen-bond donors (Lipinski definition) is 0. The molecule has 0 saturated carbocycles. The number of pyridine rings is 1. The lowest BCUT2D eigenvalue weighted by Gasteiger charge is -2.40. The van der Waals surface area contributed by atoms with Crippen molar-refractivity contribution >= 4 is 45.2 Å². The molecule has 2 aromatic carbocycles. The molecule has 2 saturated heterocycles. The highest BCUT2D eigenvalue weighted by molar-refractivity contribution is 7.99. The van der Waals surface area contributed by atoms with Gasteiger partial charge in [-0.05, 0) is 42.3 Å². The van der Waals surface area contributed by atoms with Gasteiger partial charge >= 0.3 is 5.69 Å². The summed E-state index contributed by atoms with van der Waals surface area (Å²) in [5.41, 5.74) is 3.32. The van der Waals surface area contributed by atoms with Crippen LogP contribution in [0.5, 0.6) is 0 Å². The lowest BCUT2D eigenvalue weighted by Crippen LogP contribution is -2.50. The summed E-state index contributed by atoms with van der Waals surface area (Å²) in [5, 5.41) is 2.16. The predicted molar refractivity (Wildman–Crippen MR) is 154 cm³/mol. The second kappa shape index (κ2) is 9.42. The molecule has 40 heavy (non-hydrogen) atoms. The largest absolute Gasteiger partial charge is 0.380 e. The van der Waals surface area contributed by atoms with Crippen LogP contribution in [0, 0.1) is 18.2 Å². The van der Waals surface area contributed by atoms with Gasteiger partial charge in [0.2, 0.25) is 5.91 Å². The van der Waals surface area contributed by atoms with E-state index in [0.717, 1.165) is 43.6 Å². The predicted octanol–water partition coefficient (Wildman–Crippen LogP) is 4.02. The summed E-state index contributed by atoms with van der Waals surface area (Å²) in [6.07, 6.45) is 4.65. The summed E-state index contributed by atoms with van der Waals surface area (Å²) in [5.74, 6) is 1.06. The van der Waals surface area contributed by atoms with Crippen molar-refractivity contribution < 1.29 is 13.9 Å². The number of amides is 1. The van der Waals surface area contributed by atoms with Gasteiger partial charge in [-0.15, -0.1) is 11.8 Å². The van der Waals surface area contributed by atoms with Gasteiger partial charge in [0, 0.05) is 82.9 Å². The zero-order valence-corrected chi connectivity index (χ0v) is 23.0. The second-order valence-corrected chi connectivity index (χ2v) is 11.9. The third kappa shape index (κ3) is 3.84. The number of fused-ring (bicyclic) bond motifs is 1. The molecule has 3 aliphatic rings. The van der Waals surface area contributed by atoms with Crippen LogP contribution in [0.25, 0.3) is 32.8 Å². The van der Waals surface area contributed by atoms with E-state index in [0.29, 0.717) is 57.1 Å². The molecule has 4 aromatic rings. The molecule has 0 atom stereocenters. The van der Waals surface area contributed by atoms with Crippen LogP contribution >= 0.6 is 11.8 Å². The molecule has 0 bridgehead atoms. The van der Waals surface area contributed by atoms with Gasteiger partial charge in [-0.2, -0.15) is 4.98 Å². The van der Waals surface area contributed by atoms with Crippen LogP contribution in [0.15, 0.2) is 59.0 Å². The number of carbonyl (C=O) groups excluding carboxylic acids is 1. The van der Waals surface area contributed by atoms with Crippen LogP contribution < -0.4 is 10.6 Å². The summed E-state index contributed by atoms with van der Waals surface area (Å²) in [4.78, 5) is 39.7. The van der Waals surface area contributed by atoms with E-state index in [1.165, 1.54) is 12.1 Å². The number of halogens is 1. The van der Waals surface area contributed by atoms with Crippen molar-refractivity contribution in [1.82, 2.24) is 19.4 Å². The SMILES string of the molecule is C=CC(=O)N1CCN(c2nc(=O)n3c4c(c(-c5ccc(F)c6ccncc56)c(C)cc24)SCC2(COC2)C3)CC1. The monoisotopic (exact) mass is 557 g/mol. The van der Waals surface area contributed by atoms with Gasteiger partial charge in [0.15, 0.2) is 0 Å². The summed E-state index contributed by atoms with van der Waals surface area (Å²) in [6.45, 7) is 9.60. The molecule has 3 aliphatic heterocycles. The normalized spacial score (nSPS) is 18.1. The van der Waals surface area contributed by atoms with E-state index in [1.807, 2.05) is 10.6 Å². The number of ether oxygens (including phenoxy) is 1. The number of aromatic nitrogens is 3. The van der Waals surface area contributed by atoms with Gasteiger partial charge in [0.05, 0.1) is 18.7 Å². The number of piperazine rings is 1. The zero-order valence-electron chi connectivity index (χ0n) is 22.2. The van der Waals surface area contributed by atoms with Gasteiger partial charge in [0.1, 0.15) is 11.6 Å². The Kier molecular flexibility index (Phi) is 5.94. The Balaban J connectivity index is 1.46. The Morgan fingerprint density at radius 2 is 1.95 bits per heavy atom. The highest BCUT2D eigenvalue weighted by atomic mass is 32.2. The van der Waals surface area contributed by atoms with Gasteiger partial charge in [-0.25, -0.2) is 9.18 Å². The maximum absolute atomic E-state index is 14.8. The van der Waals surface area contributed by atoms with Crippen molar-refractivity contribution in [3.8, 4) is 11.1 Å². The highest BCUT2D eigenvalue weighted by Gasteiger charge is 2.42. The van der Waals surface area contributed by atoms with Crippen LogP contribution in [-0.4, -0.2) is 70.5 Å². The summed E-state index contributed by atoms with van der Waals surface area (Å²) in [7, 11) is 0. The van der Waals surface area contributed by atoms with Gasteiger partial charge in [-0.3, -0.25) is 14.3 Å². The van der Waals surface area contributed by atoms with E-state index in [-0.39, 0.29) is 22.8 Å². The van der Waals surface area contributed by atoms with E-state index in [4.69, 9.17) is 4.74 Å². The van der Waals surface area contributed by atoms with Crippen LogP contribution in [-0.2, 0) is 16.1 Å². The average Bonchev–Trinajstić information content (AvgIpc) is 3.14. The smallest absolute Gasteiger partial charge is 0.350 e. The van der Waals surface area contributed by atoms with Gasteiger partial charge in [0.25, 0.3) is 0 Å². The number of thioether (sulfide) groups is 1. The Morgan fingerprint density at radius 3 is 2.67 bits per heavy atom. The Labute approximate surface area is 234 Å². The van der Waals surface area contributed by atoms with Crippen LogP contribution in [0.2, 0.25) is 0 Å². The van der Waals surface area contributed by atoms with E-state index in [2.05, 4.69) is 34.4 Å². The third-order valence-electron chi connectivity index (χ3n) is 8.33. The molecular formula is C30H28FN5O3S. The summed E-state index contributed by atoms with van der Waals surface area (Å²) < 4.78 is 22.2. The molecule has 2 aromatic heterocycles. The van der Waals surface area contributed by atoms with E-state index >= 15 is 0 Å². The number of hydrogen-bond acceptors (Lipinski definition) is 7. The van der Waals surface area contributed by atoms with Gasteiger partial charge in [-0.1, -0.05) is 12.6 Å². The van der Waals surface area contributed by atoms with Crippen molar-refractivity contribution in [1.29, 1.82) is 0 Å². The van der Waals surface area contributed by atoms with Crippen molar-refractivity contribution in [2.75, 3.05) is 50.0 Å². The third-order valence-corrected chi connectivity index (χ3v) is 9.77. The first-order valence-corrected chi connectivity index (χ1v) is 14.4. The minimum absolute atomic E-state index is 0.0908.